The van der Waals surface area contributed by atoms with Gasteiger partial charge in [-0.3, -0.25) is 10.1 Å². The zero-order valence-corrected chi connectivity index (χ0v) is 11.6. The van der Waals surface area contributed by atoms with Crippen molar-refractivity contribution >= 4 is 27.2 Å². The normalized spacial score (nSPS) is 24.3. The number of aromatic nitrogens is 1. The van der Waals surface area contributed by atoms with Gasteiger partial charge in [0.25, 0.3) is 5.69 Å². The fourth-order valence-electron chi connectivity index (χ4n) is 2.18. The standard InChI is InChI=1S/C10H15N5O4S/c1-10(2-3-20(18,19)6-10)13-8-4-7(15(16)17)5-9(12-8)14-11/h4-5H,2-3,6,11H2,1H3,(H2,12,13,14). The minimum atomic E-state index is -3.08. The maximum absolute atomic E-state index is 11.5. The number of hydrazine groups is 1. The van der Waals surface area contributed by atoms with Crippen molar-refractivity contribution < 1.29 is 13.3 Å². The zero-order chi connectivity index (χ0) is 15.0. The molecule has 1 aliphatic heterocycles. The number of hydrogen-bond donors (Lipinski definition) is 3. The topological polar surface area (TPSA) is 140 Å². The molecule has 0 radical (unpaired) electrons. The summed E-state index contributed by atoms with van der Waals surface area (Å²) in [5, 5.41) is 13.8. The summed E-state index contributed by atoms with van der Waals surface area (Å²) in [6, 6.07) is 2.44. The molecule has 9 nitrogen and oxygen atoms in total. The number of hydrogen-bond acceptors (Lipinski definition) is 8. The molecule has 1 aromatic heterocycles. The molecule has 0 aliphatic carbocycles. The first kappa shape index (κ1) is 14.5. The van der Waals surface area contributed by atoms with E-state index in [0.29, 0.717) is 6.42 Å². The maximum Gasteiger partial charge on any atom is 0.276 e. The van der Waals surface area contributed by atoms with Crippen molar-refractivity contribution in [2.45, 2.75) is 18.9 Å². The first-order valence-electron chi connectivity index (χ1n) is 5.85. The van der Waals surface area contributed by atoms with Crippen molar-refractivity contribution in [3.8, 4) is 0 Å². The van der Waals surface area contributed by atoms with Crippen LogP contribution in [0.3, 0.4) is 0 Å². The molecule has 1 aliphatic rings. The van der Waals surface area contributed by atoms with Gasteiger partial charge in [-0.2, -0.15) is 0 Å². The minimum Gasteiger partial charge on any atom is -0.364 e. The maximum atomic E-state index is 11.5. The lowest BCUT2D eigenvalue weighted by atomic mass is 10.0. The Morgan fingerprint density at radius 1 is 1.45 bits per heavy atom. The Balaban J connectivity index is 2.29. The average Bonchev–Trinajstić information content (AvgIpc) is 2.62. The molecule has 1 saturated heterocycles. The van der Waals surface area contributed by atoms with E-state index < -0.39 is 20.3 Å². The van der Waals surface area contributed by atoms with Gasteiger partial charge in [0.1, 0.15) is 11.6 Å². The van der Waals surface area contributed by atoms with Crippen molar-refractivity contribution in [1.82, 2.24) is 4.98 Å². The summed E-state index contributed by atoms with van der Waals surface area (Å²) in [4.78, 5) is 14.3. The van der Waals surface area contributed by atoms with Gasteiger partial charge in [-0.15, -0.1) is 0 Å². The Kier molecular flexibility index (Phi) is 3.52. The number of nitrogens with two attached hydrogens (primary N) is 1. The highest BCUT2D eigenvalue weighted by Crippen LogP contribution is 2.29. The summed E-state index contributed by atoms with van der Waals surface area (Å²) >= 11 is 0. The quantitative estimate of drug-likeness (QED) is 0.409. The molecule has 1 atom stereocenters. The molecular weight excluding hydrogens is 286 g/mol. The van der Waals surface area contributed by atoms with Gasteiger partial charge < -0.3 is 10.7 Å². The second kappa shape index (κ2) is 4.87. The molecule has 0 bridgehead atoms. The van der Waals surface area contributed by atoms with Crippen LogP contribution in [-0.4, -0.2) is 35.4 Å². The van der Waals surface area contributed by atoms with E-state index in [0.717, 1.165) is 0 Å². The fraction of sp³-hybridized carbons (Fsp3) is 0.500. The second-order valence-corrected chi connectivity index (χ2v) is 7.21. The van der Waals surface area contributed by atoms with Gasteiger partial charge in [0.2, 0.25) is 0 Å². The van der Waals surface area contributed by atoms with Crippen LogP contribution in [0.25, 0.3) is 0 Å². The van der Waals surface area contributed by atoms with E-state index >= 15 is 0 Å². The lowest BCUT2D eigenvalue weighted by molar-refractivity contribution is -0.384. The van der Waals surface area contributed by atoms with Crippen molar-refractivity contribution in [2.75, 3.05) is 22.2 Å². The summed E-state index contributed by atoms with van der Waals surface area (Å²) < 4.78 is 23.1. The Hall–Kier alpha value is -1.94. The molecule has 110 valence electrons. The molecule has 0 aromatic carbocycles. The van der Waals surface area contributed by atoms with E-state index in [1.807, 2.05) is 0 Å². The molecule has 1 unspecified atom stereocenters. The Labute approximate surface area is 115 Å². The average molecular weight is 301 g/mol. The largest absolute Gasteiger partial charge is 0.364 e. The van der Waals surface area contributed by atoms with Gasteiger partial charge in [0, 0.05) is 0 Å². The van der Waals surface area contributed by atoms with Crippen LogP contribution < -0.4 is 16.6 Å². The summed E-state index contributed by atoms with van der Waals surface area (Å²) in [6.45, 7) is 1.74. The first-order valence-corrected chi connectivity index (χ1v) is 7.67. The van der Waals surface area contributed by atoms with Crippen LogP contribution in [0.4, 0.5) is 17.3 Å². The van der Waals surface area contributed by atoms with Crippen LogP contribution in [0.5, 0.6) is 0 Å². The second-order valence-electron chi connectivity index (χ2n) is 5.02. The van der Waals surface area contributed by atoms with Gasteiger partial charge in [0.15, 0.2) is 9.84 Å². The summed E-state index contributed by atoms with van der Waals surface area (Å²) in [5.41, 5.74) is 1.37. The SMILES string of the molecule is CC1(Nc2cc([N+](=O)[O-])cc(NN)n2)CCS(=O)(=O)C1. The third-order valence-electron chi connectivity index (χ3n) is 3.10. The molecule has 2 heterocycles. The lowest BCUT2D eigenvalue weighted by Gasteiger charge is -2.24. The van der Waals surface area contributed by atoms with Crippen LogP contribution in [0.2, 0.25) is 0 Å². The Morgan fingerprint density at radius 3 is 2.60 bits per heavy atom. The van der Waals surface area contributed by atoms with Crippen LogP contribution in [-0.2, 0) is 9.84 Å². The van der Waals surface area contributed by atoms with Crippen LogP contribution in [0.1, 0.15) is 13.3 Å². The number of nitrogen functional groups attached to an aromatic ring is 1. The number of nitro groups is 1. The van der Waals surface area contributed by atoms with Gasteiger partial charge in [0.05, 0.1) is 34.1 Å². The number of nitrogens with zero attached hydrogens (tertiary/aromatic N) is 2. The van der Waals surface area contributed by atoms with Crippen molar-refractivity contribution in [3.63, 3.8) is 0 Å². The van der Waals surface area contributed by atoms with Gasteiger partial charge in [-0.05, 0) is 13.3 Å². The fourth-order valence-corrected chi connectivity index (χ4v) is 4.27. The third kappa shape index (κ3) is 3.14. The molecule has 20 heavy (non-hydrogen) atoms. The highest BCUT2D eigenvalue weighted by atomic mass is 32.2. The number of anilines is 2. The molecule has 10 heteroatoms. The molecule has 0 amide bonds. The number of rotatable bonds is 4. The van der Waals surface area contributed by atoms with Gasteiger partial charge in [-0.1, -0.05) is 0 Å². The van der Waals surface area contributed by atoms with E-state index in [2.05, 4.69) is 15.7 Å². The number of sulfone groups is 1. The van der Waals surface area contributed by atoms with Crippen molar-refractivity contribution in [1.29, 1.82) is 0 Å². The molecule has 1 fully saturated rings. The number of nitrogens with one attached hydrogen (secondary N) is 2. The Bertz CT molecular complexity index is 647. The predicted molar refractivity (Wildman–Crippen MR) is 74.0 cm³/mol. The molecule has 4 N–H and O–H groups in total. The molecule has 0 saturated carbocycles. The van der Waals surface area contributed by atoms with Gasteiger partial charge >= 0.3 is 0 Å². The smallest absolute Gasteiger partial charge is 0.276 e. The van der Waals surface area contributed by atoms with Gasteiger partial charge in [-0.25, -0.2) is 19.2 Å². The lowest BCUT2D eigenvalue weighted by Crippen LogP contribution is -2.36. The van der Waals surface area contributed by atoms with Crippen LogP contribution >= 0.6 is 0 Å². The third-order valence-corrected chi connectivity index (χ3v) is 5.01. The molecule has 0 spiro atoms. The van der Waals surface area contributed by atoms with Crippen LogP contribution in [0.15, 0.2) is 12.1 Å². The van der Waals surface area contributed by atoms with Crippen LogP contribution in [0, 0.1) is 10.1 Å². The summed E-state index contributed by atoms with van der Waals surface area (Å²) in [7, 11) is -3.08. The summed E-state index contributed by atoms with van der Waals surface area (Å²) in [6.07, 6.45) is 0.422. The van der Waals surface area contributed by atoms with E-state index in [9.17, 15) is 18.5 Å². The van der Waals surface area contributed by atoms with Crippen molar-refractivity contribution in [3.05, 3.63) is 22.2 Å². The highest BCUT2D eigenvalue weighted by Gasteiger charge is 2.38. The summed E-state index contributed by atoms with van der Waals surface area (Å²) in [5.74, 6) is 5.62. The molecular formula is C10H15N5O4S. The minimum absolute atomic E-state index is 0.0320. The molecule has 2 rings (SSSR count). The van der Waals surface area contributed by atoms with E-state index in [-0.39, 0.29) is 28.8 Å². The van der Waals surface area contributed by atoms with Crippen molar-refractivity contribution in [2.24, 2.45) is 5.84 Å². The highest BCUT2D eigenvalue weighted by molar-refractivity contribution is 7.91. The monoisotopic (exact) mass is 301 g/mol. The number of pyridine rings is 1. The van der Waals surface area contributed by atoms with E-state index in [1.165, 1.54) is 12.1 Å². The zero-order valence-electron chi connectivity index (χ0n) is 10.8. The Morgan fingerprint density at radius 2 is 2.10 bits per heavy atom. The molecule has 1 aromatic rings. The predicted octanol–water partition coefficient (Wildman–Crippen LogP) is 0.264. The van der Waals surface area contributed by atoms with E-state index in [4.69, 9.17) is 5.84 Å². The van der Waals surface area contributed by atoms with E-state index in [1.54, 1.807) is 6.92 Å². The first-order chi connectivity index (χ1) is 9.23.